The number of carbonyl (C=O) groups is 2. The van der Waals surface area contributed by atoms with E-state index >= 15 is 0 Å². The van der Waals surface area contributed by atoms with Gasteiger partial charge in [0, 0.05) is 63.1 Å². The number of rotatable bonds is 53. The van der Waals surface area contributed by atoms with Crippen molar-refractivity contribution in [1.29, 1.82) is 0 Å². The Kier molecular flexibility index (Phi) is 52.7. The molecule has 0 aliphatic heterocycles. The summed E-state index contributed by atoms with van der Waals surface area (Å²) in [5.41, 5.74) is 0. The van der Waals surface area contributed by atoms with Gasteiger partial charge in [0.1, 0.15) is 12.6 Å². The fraction of sp³-hybridized carbons (Fsp3) is 0.966. The number of amides is 2. The second-order valence-electron chi connectivity index (χ2n) is 24.7. The highest BCUT2D eigenvalue weighted by molar-refractivity contribution is 7.86. The van der Waals surface area contributed by atoms with Crippen LogP contribution in [-0.4, -0.2) is 187 Å². The van der Waals surface area contributed by atoms with Gasteiger partial charge in [0.25, 0.3) is 0 Å². The number of quaternary nitrogens is 3. The zero-order valence-corrected chi connectivity index (χ0v) is 54.8. The molecule has 0 fully saturated rings. The lowest BCUT2D eigenvalue weighted by Gasteiger charge is -2.32. The summed E-state index contributed by atoms with van der Waals surface area (Å²) >= 11 is 0. The van der Waals surface area contributed by atoms with Crippen molar-refractivity contribution in [2.45, 2.75) is 258 Å². The Hall–Kier alpha value is -1.49. The third kappa shape index (κ3) is 70.7. The van der Waals surface area contributed by atoms with Crippen molar-refractivity contribution in [2.24, 2.45) is 0 Å². The number of carbonyl (C=O) groups excluding carboxylic acids is 2. The van der Waals surface area contributed by atoms with Crippen LogP contribution in [0.5, 0.6) is 0 Å². The maximum absolute atomic E-state index is 11.9. The Morgan fingerprint density at radius 3 is 0.911 bits per heavy atom. The molecule has 3 N–H and O–H groups in total. The van der Waals surface area contributed by atoms with Crippen LogP contribution >= 0.6 is 0 Å². The van der Waals surface area contributed by atoms with E-state index in [1.807, 2.05) is 28.2 Å². The number of aliphatic hydroxyl groups is 1. The largest absolute Gasteiger partial charge is 0.748 e. The Morgan fingerprint density at radius 2 is 0.620 bits per heavy atom. The molecule has 0 bridgehead atoms. The van der Waals surface area contributed by atoms with Crippen molar-refractivity contribution >= 4 is 42.2 Å². The summed E-state index contributed by atoms with van der Waals surface area (Å²) < 4.78 is 97.7. The van der Waals surface area contributed by atoms with Gasteiger partial charge in [-0.1, -0.05) is 188 Å². The predicted molar refractivity (Wildman–Crippen MR) is 324 cm³/mol. The summed E-state index contributed by atoms with van der Waals surface area (Å²) in [7, 11) is -0.592. The first-order valence-corrected chi connectivity index (χ1v) is 36.2. The molecular weight excluding hydrogens is 1070 g/mol. The minimum Gasteiger partial charge on any atom is -0.748 e. The highest BCUT2D eigenvalue weighted by atomic mass is 32.2. The minimum atomic E-state index is -4.42. The van der Waals surface area contributed by atoms with Crippen LogP contribution in [0.4, 0.5) is 0 Å². The van der Waals surface area contributed by atoms with Gasteiger partial charge in [0.05, 0.1) is 111 Å². The first kappa shape index (κ1) is 81.7. The molecule has 0 aromatic carbocycles. The van der Waals surface area contributed by atoms with Crippen molar-refractivity contribution in [3.63, 3.8) is 0 Å². The number of nitrogens with one attached hydrogen (secondary N) is 2. The topological polar surface area (TPSA) is 250 Å². The first-order valence-electron chi connectivity index (χ1n) is 31.5. The molecule has 1 unspecified atom stereocenters. The summed E-state index contributed by atoms with van der Waals surface area (Å²) in [4.78, 5) is 23.7. The second kappa shape index (κ2) is 51.0. The molecule has 0 spiro atoms. The molecule has 0 rings (SSSR count). The van der Waals surface area contributed by atoms with Gasteiger partial charge in [-0.05, 0) is 25.7 Å². The van der Waals surface area contributed by atoms with Gasteiger partial charge in [-0.25, -0.2) is 25.3 Å². The Bertz CT molecular complexity index is 1770. The van der Waals surface area contributed by atoms with Crippen LogP contribution in [0.3, 0.4) is 0 Å². The molecule has 0 aliphatic carbocycles. The van der Waals surface area contributed by atoms with Gasteiger partial charge in [-0.15, -0.1) is 0 Å². The van der Waals surface area contributed by atoms with Crippen molar-refractivity contribution in [2.75, 3.05) is 112 Å². The van der Waals surface area contributed by atoms with Crippen LogP contribution in [0.2, 0.25) is 0 Å². The van der Waals surface area contributed by atoms with Crippen LogP contribution in [0.25, 0.3) is 0 Å². The maximum atomic E-state index is 11.9. The average molecular weight is 1190 g/mol. The minimum absolute atomic E-state index is 0.0748. The lowest BCUT2D eigenvalue weighted by molar-refractivity contribution is -0.893. The van der Waals surface area contributed by atoms with E-state index in [1.54, 1.807) is 0 Å². The number of hydrogen-bond acceptors (Lipinski definition) is 12. The van der Waals surface area contributed by atoms with E-state index in [2.05, 4.69) is 45.5 Å². The van der Waals surface area contributed by atoms with Gasteiger partial charge in [0.15, 0.2) is 0 Å². The maximum Gasteiger partial charge on any atom is 0.219 e. The summed E-state index contributed by atoms with van der Waals surface area (Å²) in [6.45, 7) is 12.1. The summed E-state index contributed by atoms with van der Waals surface area (Å²) in [6.07, 6.45) is 40.9. The molecule has 0 saturated heterocycles. The first-order chi connectivity index (χ1) is 37.0. The van der Waals surface area contributed by atoms with Gasteiger partial charge in [0.2, 0.25) is 11.8 Å². The predicted octanol–water partition coefficient (Wildman–Crippen LogP) is 10.5. The molecule has 476 valence electrons. The van der Waals surface area contributed by atoms with E-state index in [1.165, 1.54) is 167 Å². The molecule has 79 heavy (non-hydrogen) atoms. The zero-order valence-electron chi connectivity index (χ0n) is 52.3. The Morgan fingerprint density at radius 1 is 0.367 bits per heavy atom. The molecule has 2 amide bonds. The van der Waals surface area contributed by atoms with E-state index in [4.69, 9.17) is 0 Å². The fourth-order valence-electron chi connectivity index (χ4n) is 9.73. The molecule has 0 radical (unpaired) electrons. The third-order valence-electron chi connectivity index (χ3n) is 14.6. The molecule has 0 aliphatic rings. The molecule has 17 nitrogen and oxygen atoms in total. The number of likely N-dealkylation sites (N-methyl/N-ethyl adjacent to an activating group) is 1. The van der Waals surface area contributed by atoms with Crippen LogP contribution in [0, 0.1) is 0 Å². The molecule has 0 aromatic rings. The average Bonchev–Trinajstić information content (AvgIpc) is 3.32. The van der Waals surface area contributed by atoms with Crippen molar-refractivity contribution in [3.05, 3.63) is 0 Å². The van der Waals surface area contributed by atoms with Crippen LogP contribution < -0.4 is 10.6 Å². The highest BCUT2D eigenvalue weighted by Gasteiger charge is 2.22. The SMILES string of the molecule is CCCCCCCCCCCC(=O)NCCC[N+](C)(C)CC(O)CS(=O)(=O)[O-].CCCCCCCCCCCCCC(=O)NCCC[N+](C)(C)CCCS(=O)(=O)[O-].CCCCCCCCCCCC[N+](C)(C)CCCS(=O)(=O)[O-]. The molecule has 0 saturated carbocycles. The van der Waals surface area contributed by atoms with Crippen molar-refractivity contribution in [1.82, 2.24) is 10.6 Å². The molecular formula is C59H125N5O12S3. The highest BCUT2D eigenvalue weighted by Crippen LogP contribution is 2.15. The number of hydrogen-bond donors (Lipinski definition) is 3. The van der Waals surface area contributed by atoms with Crippen molar-refractivity contribution in [3.8, 4) is 0 Å². The standard InChI is InChI=1S/C22H46N2O4S.C20H42N2O5S.C17H37NO3S/c1-4-5-6-7-8-9-10-11-12-13-14-17-22(25)23-18-15-19-24(2,3)20-16-21-29(26,27)28;1-4-5-6-7-8-9-10-11-12-14-20(24)21-15-13-16-22(2,3)17-19(23)18-28(25,26)27;1-4-5-6-7-8-9-10-11-12-13-15-18(2,3)16-14-17-22(19,20)21/h4-21H2,1-3H3,(H-,23,25,26,27,28);19,23H,4-18H2,1-3H3,(H-,21,24,25,26,27);4-17H2,1-3H3. The lowest BCUT2D eigenvalue weighted by Crippen LogP contribution is -2.48. The summed E-state index contributed by atoms with van der Waals surface area (Å²) in [5.74, 6) is -1.09. The van der Waals surface area contributed by atoms with E-state index < -0.39 is 42.2 Å². The van der Waals surface area contributed by atoms with E-state index in [-0.39, 0.29) is 29.9 Å². The fourth-order valence-corrected chi connectivity index (χ4v) is 11.3. The second-order valence-corrected chi connectivity index (χ2v) is 29.2. The molecule has 20 heteroatoms. The van der Waals surface area contributed by atoms with E-state index in [9.17, 15) is 53.6 Å². The van der Waals surface area contributed by atoms with Gasteiger partial charge in [-0.3, -0.25) is 9.59 Å². The Balaban J connectivity index is -0.00000111. The van der Waals surface area contributed by atoms with E-state index in [0.717, 1.165) is 62.6 Å². The quantitative estimate of drug-likeness (QED) is 0.0292. The number of nitrogens with zero attached hydrogens (tertiary/aromatic N) is 3. The summed E-state index contributed by atoms with van der Waals surface area (Å²) in [6, 6.07) is 0. The monoisotopic (exact) mass is 1190 g/mol. The lowest BCUT2D eigenvalue weighted by atomic mass is 10.1. The zero-order chi connectivity index (χ0) is 60.4. The summed E-state index contributed by atoms with van der Waals surface area (Å²) in [5, 5.41) is 15.6. The van der Waals surface area contributed by atoms with E-state index in [0.29, 0.717) is 60.8 Å². The number of aliphatic hydroxyl groups excluding tert-OH is 1. The Labute approximate surface area is 487 Å². The van der Waals surface area contributed by atoms with Gasteiger partial charge >= 0.3 is 0 Å². The molecule has 0 heterocycles. The van der Waals surface area contributed by atoms with Crippen molar-refractivity contribution < 1.29 is 67.1 Å². The third-order valence-corrected chi connectivity index (χ3v) is 16.9. The van der Waals surface area contributed by atoms with Crippen LogP contribution in [0.1, 0.15) is 252 Å². The van der Waals surface area contributed by atoms with Crippen LogP contribution in [0.15, 0.2) is 0 Å². The normalized spacial score (nSPS) is 12.8. The van der Waals surface area contributed by atoms with Gasteiger partial charge in [-0.2, -0.15) is 0 Å². The smallest absolute Gasteiger partial charge is 0.219 e. The number of unbranched alkanes of at least 4 members (excludes halogenated alkanes) is 27. The van der Waals surface area contributed by atoms with Crippen LogP contribution in [-0.2, 0) is 39.9 Å². The van der Waals surface area contributed by atoms with Gasteiger partial charge < -0.3 is 42.8 Å². The molecule has 0 aromatic heterocycles. The molecule has 1 atom stereocenters.